The zero-order valence-corrected chi connectivity index (χ0v) is 13.3. The average Bonchev–Trinajstić information content (AvgIpc) is 2.41. The second-order valence-electron chi connectivity index (χ2n) is 6.74. The van der Waals surface area contributed by atoms with E-state index in [4.69, 9.17) is 0 Å². The number of hydrogen-bond donors (Lipinski definition) is 1. The minimum Gasteiger partial charge on any atom is -0.530 e. The maximum Gasteiger partial charge on any atom is 0.165 e. The summed E-state index contributed by atoms with van der Waals surface area (Å²) in [6, 6.07) is 2.45. The van der Waals surface area contributed by atoms with E-state index >= 15 is 0 Å². The Kier molecular flexibility index (Phi) is 6.36. The van der Waals surface area contributed by atoms with Gasteiger partial charge >= 0.3 is 0 Å². The third-order valence-corrected chi connectivity index (χ3v) is 4.06. The van der Waals surface area contributed by atoms with Crippen LogP contribution in [0, 0.1) is 5.82 Å². The highest BCUT2D eigenvalue weighted by Crippen LogP contribution is 2.30. The molecule has 6 heteroatoms. The summed E-state index contributed by atoms with van der Waals surface area (Å²) in [4.78, 5) is 17.0. The fourth-order valence-corrected chi connectivity index (χ4v) is 3.16. The Morgan fingerprint density at radius 3 is 2.61 bits per heavy atom. The molecule has 0 bridgehead atoms. The Morgan fingerprint density at radius 2 is 2.04 bits per heavy atom. The van der Waals surface area contributed by atoms with Gasteiger partial charge in [0.15, 0.2) is 11.6 Å². The second-order valence-corrected chi connectivity index (χ2v) is 6.74. The van der Waals surface area contributed by atoms with Crippen LogP contribution in [-0.2, 0) is 0 Å². The van der Waals surface area contributed by atoms with Gasteiger partial charge in [0.05, 0.1) is 6.04 Å². The summed E-state index contributed by atoms with van der Waals surface area (Å²) in [6.07, 6.45) is 3.77. The molecular formula is C17H27FN3O2-. The second kappa shape index (κ2) is 7.62. The first-order valence-corrected chi connectivity index (χ1v) is 7.68. The molecule has 1 amide bonds. The number of aromatic nitrogens is 1. The van der Waals surface area contributed by atoms with Crippen molar-refractivity contribution in [2.45, 2.75) is 71.5 Å². The van der Waals surface area contributed by atoms with Gasteiger partial charge < -0.3 is 20.1 Å². The third kappa shape index (κ3) is 4.56. The lowest BCUT2D eigenvalue weighted by Gasteiger charge is -2.48. The molecule has 1 aliphatic carbocycles. The summed E-state index contributed by atoms with van der Waals surface area (Å²) >= 11 is 0. The molecule has 23 heavy (non-hydrogen) atoms. The number of carbonyl (C=O) groups is 1. The Bertz CT molecular complexity index is 531. The van der Waals surface area contributed by atoms with E-state index in [0.717, 1.165) is 25.7 Å². The summed E-state index contributed by atoms with van der Waals surface area (Å²) in [5.74, 6) is -0.255. The first-order valence-electron chi connectivity index (χ1n) is 7.68. The Balaban J connectivity index is 0.00000264. The lowest BCUT2D eigenvalue weighted by atomic mass is 9.86. The van der Waals surface area contributed by atoms with Crippen LogP contribution in [0.1, 0.15) is 53.9 Å². The van der Waals surface area contributed by atoms with E-state index < -0.39 is 17.4 Å². The lowest BCUT2D eigenvalue weighted by molar-refractivity contribution is -0.274. The summed E-state index contributed by atoms with van der Waals surface area (Å²) < 4.78 is 13.8. The van der Waals surface area contributed by atoms with Crippen molar-refractivity contribution in [3.8, 4) is 0 Å². The van der Waals surface area contributed by atoms with Crippen LogP contribution < -0.4 is 10.4 Å². The van der Waals surface area contributed by atoms with Crippen molar-refractivity contribution in [1.29, 1.82) is 0 Å². The predicted molar refractivity (Wildman–Crippen MR) is 87.6 cm³/mol. The Morgan fingerprint density at radius 1 is 1.39 bits per heavy atom. The van der Waals surface area contributed by atoms with E-state index in [1.165, 1.54) is 23.2 Å². The minimum absolute atomic E-state index is 0. The van der Waals surface area contributed by atoms with Gasteiger partial charge in [0.25, 0.3) is 0 Å². The molecule has 1 aromatic heterocycles. The van der Waals surface area contributed by atoms with Crippen molar-refractivity contribution < 1.29 is 14.3 Å². The molecule has 1 heterocycles. The highest BCUT2D eigenvalue weighted by Gasteiger charge is 2.36. The molecule has 1 saturated carbocycles. The molecule has 1 aromatic rings. The van der Waals surface area contributed by atoms with Crippen LogP contribution in [0.4, 0.5) is 15.0 Å². The van der Waals surface area contributed by atoms with Crippen LogP contribution in [0.5, 0.6) is 0 Å². The van der Waals surface area contributed by atoms with Gasteiger partial charge in [-0.3, -0.25) is 0 Å². The number of anilines is 1. The molecule has 1 fully saturated rings. The lowest BCUT2D eigenvalue weighted by Crippen LogP contribution is -2.61. The van der Waals surface area contributed by atoms with E-state index in [2.05, 4.69) is 10.3 Å². The number of nitrogens with one attached hydrogen (secondary N) is 1. The fourth-order valence-electron chi connectivity index (χ4n) is 3.16. The van der Waals surface area contributed by atoms with E-state index in [9.17, 15) is 14.3 Å². The SMILES string of the molecule is C.CC(C)(C)N(C(=O)[O-])[C@@H]1CCCC[C@H]1Nc1ncccc1F. The van der Waals surface area contributed by atoms with Crippen molar-refractivity contribution in [3.63, 3.8) is 0 Å². The number of hydrogen-bond acceptors (Lipinski definition) is 4. The number of carbonyl (C=O) groups excluding carboxylic acids is 1. The summed E-state index contributed by atoms with van der Waals surface area (Å²) in [5, 5.41) is 14.7. The van der Waals surface area contributed by atoms with Gasteiger partial charge in [-0.2, -0.15) is 0 Å². The zero-order chi connectivity index (χ0) is 16.3. The standard InChI is InChI=1S/C16H24FN3O2.CH4/c1-16(2,3)20(15(21)22)13-9-5-4-8-12(13)19-14-11(17)7-6-10-18-14;/h6-7,10,12-13H,4-5,8-9H2,1-3H3,(H,18,19)(H,21,22);1H4/p-1/t12-,13-;/m1./s1. The van der Waals surface area contributed by atoms with E-state index in [0.29, 0.717) is 0 Å². The predicted octanol–water partition coefficient (Wildman–Crippen LogP) is 3.02. The molecule has 1 aliphatic rings. The van der Waals surface area contributed by atoms with Crippen LogP contribution in [0.2, 0.25) is 0 Å². The number of rotatable bonds is 3. The molecule has 0 spiro atoms. The highest BCUT2D eigenvalue weighted by molar-refractivity contribution is 5.64. The molecule has 0 radical (unpaired) electrons. The smallest absolute Gasteiger partial charge is 0.165 e. The largest absolute Gasteiger partial charge is 0.530 e. The Hall–Kier alpha value is -1.85. The minimum atomic E-state index is -1.19. The van der Waals surface area contributed by atoms with E-state index in [-0.39, 0.29) is 25.3 Å². The van der Waals surface area contributed by atoms with Crippen molar-refractivity contribution in [2.75, 3.05) is 5.32 Å². The van der Waals surface area contributed by atoms with Gasteiger partial charge in [-0.05, 0) is 45.7 Å². The Labute approximate surface area is 137 Å². The molecule has 0 saturated heterocycles. The molecule has 130 valence electrons. The molecule has 0 unspecified atom stereocenters. The molecule has 1 N–H and O–H groups in total. The number of carboxylic acid groups (broad SMARTS) is 1. The molecule has 2 rings (SSSR count). The quantitative estimate of drug-likeness (QED) is 0.928. The monoisotopic (exact) mass is 324 g/mol. The van der Waals surface area contributed by atoms with Crippen molar-refractivity contribution in [3.05, 3.63) is 24.1 Å². The number of pyridine rings is 1. The number of halogens is 1. The van der Waals surface area contributed by atoms with Gasteiger partial charge in [-0.1, -0.05) is 20.3 Å². The maximum atomic E-state index is 13.8. The molecule has 0 aliphatic heterocycles. The molecule has 0 aromatic carbocycles. The van der Waals surface area contributed by atoms with Crippen molar-refractivity contribution >= 4 is 11.9 Å². The van der Waals surface area contributed by atoms with Gasteiger partial charge in [-0.15, -0.1) is 0 Å². The maximum absolute atomic E-state index is 13.8. The van der Waals surface area contributed by atoms with Gasteiger partial charge in [0, 0.05) is 17.8 Å². The first kappa shape index (κ1) is 19.2. The third-order valence-electron chi connectivity index (χ3n) is 4.06. The fraction of sp³-hybridized carbons (Fsp3) is 0.647. The number of nitrogens with zero attached hydrogens (tertiary/aromatic N) is 2. The van der Waals surface area contributed by atoms with Crippen LogP contribution in [0.15, 0.2) is 18.3 Å². The normalized spacial score (nSPS) is 21.2. The van der Waals surface area contributed by atoms with Crippen LogP contribution in [0.3, 0.4) is 0 Å². The average molecular weight is 324 g/mol. The van der Waals surface area contributed by atoms with Gasteiger partial charge in [0.2, 0.25) is 0 Å². The number of amides is 1. The molecule has 2 atom stereocenters. The van der Waals surface area contributed by atoms with Crippen LogP contribution in [0.25, 0.3) is 0 Å². The highest BCUT2D eigenvalue weighted by atomic mass is 19.1. The van der Waals surface area contributed by atoms with E-state index in [1.807, 2.05) is 20.8 Å². The topological polar surface area (TPSA) is 68.3 Å². The van der Waals surface area contributed by atoms with Gasteiger partial charge in [-0.25, -0.2) is 9.37 Å². The first-order chi connectivity index (χ1) is 10.3. The summed E-state index contributed by atoms with van der Waals surface area (Å²) in [5.41, 5.74) is -0.566. The van der Waals surface area contributed by atoms with Crippen LogP contribution >= 0.6 is 0 Å². The molecular weight excluding hydrogens is 297 g/mol. The summed E-state index contributed by atoms with van der Waals surface area (Å²) in [6.45, 7) is 5.53. The van der Waals surface area contributed by atoms with E-state index in [1.54, 1.807) is 0 Å². The molecule has 5 nitrogen and oxygen atoms in total. The summed E-state index contributed by atoms with van der Waals surface area (Å²) in [7, 11) is 0. The van der Waals surface area contributed by atoms with Gasteiger partial charge in [0.1, 0.15) is 6.09 Å². The zero-order valence-electron chi connectivity index (χ0n) is 13.3. The van der Waals surface area contributed by atoms with Crippen molar-refractivity contribution in [1.82, 2.24) is 9.88 Å². The van der Waals surface area contributed by atoms with Crippen molar-refractivity contribution in [2.24, 2.45) is 0 Å². The van der Waals surface area contributed by atoms with Crippen LogP contribution in [-0.4, -0.2) is 33.6 Å².